The van der Waals surface area contributed by atoms with Gasteiger partial charge < -0.3 is 10.1 Å². The van der Waals surface area contributed by atoms with Crippen molar-refractivity contribution < 1.29 is 19.2 Å². The van der Waals surface area contributed by atoms with Gasteiger partial charge in [0, 0.05) is 6.07 Å². The summed E-state index contributed by atoms with van der Waals surface area (Å²) in [6, 6.07) is 2.60. The van der Waals surface area contributed by atoms with Crippen molar-refractivity contribution in [1.29, 1.82) is 0 Å². The van der Waals surface area contributed by atoms with E-state index in [9.17, 15) is 19.7 Å². The van der Waals surface area contributed by atoms with E-state index in [4.69, 9.17) is 4.74 Å². The first kappa shape index (κ1) is 15.1. The first-order valence-corrected chi connectivity index (χ1v) is 6.54. The highest BCUT2D eigenvalue weighted by molar-refractivity contribution is 7.17. The Kier molecular flexibility index (Phi) is 5.94. The number of carbonyl (C=O) groups excluding carboxylic acids is 2. The summed E-state index contributed by atoms with van der Waals surface area (Å²) >= 11 is 0.759. The molecule has 1 heterocycles. The Balaban J connectivity index is 2.38. The zero-order valence-corrected chi connectivity index (χ0v) is 11.2. The van der Waals surface area contributed by atoms with Crippen molar-refractivity contribution in [1.82, 2.24) is 5.32 Å². The number of nitro groups is 1. The standard InChI is InChI=1S/C11H14N2O5S/c1-2-3-6-18-10(14)7-12-11(15)8-4-5-9(19-8)13(16)17/h4-5H,2-3,6-7H2,1H3,(H,12,15). The molecule has 0 aromatic carbocycles. The third-order valence-corrected chi connectivity index (χ3v) is 3.19. The van der Waals surface area contributed by atoms with E-state index in [-0.39, 0.29) is 16.4 Å². The van der Waals surface area contributed by atoms with Crippen LogP contribution in [0.2, 0.25) is 0 Å². The molecule has 0 bridgehead atoms. The van der Waals surface area contributed by atoms with Crippen molar-refractivity contribution in [2.24, 2.45) is 0 Å². The van der Waals surface area contributed by atoms with Gasteiger partial charge in [-0.2, -0.15) is 0 Å². The van der Waals surface area contributed by atoms with Crippen LogP contribution in [0.15, 0.2) is 12.1 Å². The van der Waals surface area contributed by atoms with Crippen molar-refractivity contribution >= 4 is 28.2 Å². The van der Waals surface area contributed by atoms with Gasteiger partial charge in [-0.25, -0.2) is 0 Å². The quantitative estimate of drug-likeness (QED) is 0.356. The lowest BCUT2D eigenvalue weighted by Gasteiger charge is -2.04. The Morgan fingerprint density at radius 2 is 2.21 bits per heavy atom. The molecule has 0 radical (unpaired) electrons. The van der Waals surface area contributed by atoms with E-state index in [0.29, 0.717) is 6.61 Å². The fourth-order valence-electron chi connectivity index (χ4n) is 1.17. The smallest absolute Gasteiger partial charge is 0.325 e. The second-order valence-corrected chi connectivity index (χ2v) is 4.71. The normalized spacial score (nSPS) is 9.95. The lowest BCUT2D eigenvalue weighted by atomic mass is 10.4. The van der Waals surface area contributed by atoms with Crippen molar-refractivity contribution in [3.05, 3.63) is 27.1 Å². The Morgan fingerprint density at radius 1 is 1.47 bits per heavy atom. The number of hydrogen-bond donors (Lipinski definition) is 1. The summed E-state index contributed by atoms with van der Waals surface area (Å²) in [4.78, 5) is 32.9. The summed E-state index contributed by atoms with van der Waals surface area (Å²) in [6.45, 7) is 2.06. The zero-order chi connectivity index (χ0) is 14.3. The second kappa shape index (κ2) is 7.47. The van der Waals surface area contributed by atoms with Crippen LogP contribution in [0.4, 0.5) is 5.00 Å². The molecule has 0 saturated heterocycles. The Labute approximate surface area is 113 Å². The molecular formula is C11H14N2O5S. The molecule has 0 aliphatic carbocycles. The van der Waals surface area contributed by atoms with E-state index in [1.165, 1.54) is 12.1 Å². The zero-order valence-electron chi connectivity index (χ0n) is 10.4. The fraction of sp³-hybridized carbons (Fsp3) is 0.455. The summed E-state index contributed by atoms with van der Waals surface area (Å²) in [5, 5.41) is 12.7. The summed E-state index contributed by atoms with van der Waals surface area (Å²) in [7, 11) is 0. The Hall–Kier alpha value is -1.96. The summed E-state index contributed by atoms with van der Waals surface area (Å²) in [5.74, 6) is -1.04. The van der Waals surface area contributed by atoms with E-state index in [1.807, 2.05) is 6.92 Å². The monoisotopic (exact) mass is 286 g/mol. The number of carbonyl (C=O) groups is 2. The van der Waals surface area contributed by atoms with Crippen LogP contribution in [0.25, 0.3) is 0 Å². The van der Waals surface area contributed by atoms with E-state index >= 15 is 0 Å². The minimum atomic E-state index is -0.569. The van der Waals surface area contributed by atoms with Crippen LogP contribution in [0, 0.1) is 10.1 Å². The summed E-state index contributed by atoms with van der Waals surface area (Å²) in [6.07, 6.45) is 1.69. The highest BCUT2D eigenvalue weighted by Crippen LogP contribution is 2.23. The molecular weight excluding hydrogens is 272 g/mol. The Bertz CT molecular complexity index is 471. The van der Waals surface area contributed by atoms with Crippen LogP contribution in [-0.4, -0.2) is 30.0 Å². The second-order valence-electron chi connectivity index (χ2n) is 3.65. The van der Waals surface area contributed by atoms with Crippen molar-refractivity contribution in [2.45, 2.75) is 19.8 Å². The molecule has 7 nitrogen and oxygen atoms in total. The molecule has 1 rings (SSSR count). The Morgan fingerprint density at radius 3 is 2.79 bits per heavy atom. The van der Waals surface area contributed by atoms with E-state index in [1.54, 1.807) is 0 Å². The van der Waals surface area contributed by atoms with Gasteiger partial charge in [-0.15, -0.1) is 0 Å². The number of nitrogens with one attached hydrogen (secondary N) is 1. The number of esters is 1. The van der Waals surface area contributed by atoms with Crippen molar-refractivity contribution in [2.75, 3.05) is 13.2 Å². The maximum Gasteiger partial charge on any atom is 0.325 e. The van der Waals surface area contributed by atoms with Crippen LogP contribution in [0.5, 0.6) is 0 Å². The highest BCUT2D eigenvalue weighted by Gasteiger charge is 2.15. The average molecular weight is 286 g/mol. The minimum absolute atomic E-state index is 0.115. The predicted octanol–water partition coefficient (Wildman–Crippen LogP) is 1.73. The predicted molar refractivity (Wildman–Crippen MR) is 69.2 cm³/mol. The minimum Gasteiger partial charge on any atom is -0.464 e. The molecule has 0 atom stereocenters. The van der Waals surface area contributed by atoms with Crippen LogP contribution in [0.1, 0.15) is 29.4 Å². The van der Waals surface area contributed by atoms with Crippen molar-refractivity contribution in [3.8, 4) is 0 Å². The average Bonchev–Trinajstić information content (AvgIpc) is 2.86. The fourth-order valence-corrected chi connectivity index (χ4v) is 1.91. The van der Waals surface area contributed by atoms with Gasteiger partial charge in [-0.1, -0.05) is 24.7 Å². The topological polar surface area (TPSA) is 98.5 Å². The number of amides is 1. The molecule has 1 aromatic heterocycles. The van der Waals surface area contributed by atoms with E-state index in [0.717, 1.165) is 24.2 Å². The van der Waals surface area contributed by atoms with Gasteiger partial charge in [0.15, 0.2) is 0 Å². The van der Waals surface area contributed by atoms with Gasteiger partial charge in [-0.05, 0) is 12.5 Å². The van der Waals surface area contributed by atoms with Crippen LogP contribution >= 0.6 is 11.3 Å². The molecule has 0 fully saturated rings. The molecule has 1 aromatic rings. The number of hydrogen-bond acceptors (Lipinski definition) is 6. The highest BCUT2D eigenvalue weighted by atomic mass is 32.1. The summed E-state index contributed by atoms with van der Waals surface area (Å²) in [5.41, 5.74) is 0. The van der Waals surface area contributed by atoms with Crippen molar-refractivity contribution in [3.63, 3.8) is 0 Å². The lowest BCUT2D eigenvalue weighted by Crippen LogP contribution is -2.30. The van der Waals surface area contributed by atoms with Gasteiger partial charge in [0.25, 0.3) is 5.91 Å². The van der Waals surface area contributed by atoms with E-state index in [2.05, 4.69) is 5.32 Å². The third-order valence-electron chi connectivity index (χ3n) is 2.15. The number of nitrogens with zero attached hydrogens (tertiary/aromatic N) is 1. The van der Waals surface area contributed by atoms with E-state index < -0.39 is 16.8 Å². The lowest BCUT2D eigenvalue weighted by molar-refractivity contribution is -0.380. The molecule has 8 heteroatoms. The number of ether oxygens (including phenoxy) is 1. The van der Waals surface area contributed by atoms with Crippen LogP contribution < -0.4 is 5.32 Å². The molecule has 1 amide bonds. The molecule has 0 spiro atoms. The molecule has 0 saturated carbocycles. The maximum atomic E-state index is 11.6. The molecule has 0 unspecified atom stereocenters. The molecule has 0 aliphatic rings. The van der Waals surface area contributed by atoms with Gasteiger partial charge in [0.05, 0.1) is 16.4 Å². The number of rotatable bonds is 7. The van der Waals surface area contributed by atoms with Gasteiger partial charge in [0.2, 0.25) is 0 Å². The van der Waals surface area contributed by atoms with Crippen LogP contribution in [-0.2, 0) is 9.53 Å². The van der Waals surface area contributed by atoms with Gasteiger partial charge in [-0.3, -0.25) is 19.7 Å². The molecule has 19 heavy (non-hydrogen) atoms. The largest absolute Gasteiger partial charge is 0.464 e. The van der Waals surface area contributed by atoms with Crippen LogP contribution in [0.3, 0.4) is 0 Å². The summed E-state index contributed by atoms with van der Waals surface area (Å²) < 4.78 is 4.85. The van der Waals surface area contributed by atoms with Gasteiger partial charge >= 0.3 is 11.0 Å². The van der Waals surface area contributed by atoms with Gasteiger partial charge in [0.1, 0.15) is 6.54 Å². The first-order valence-electron chi connectivity index (χ1n) is 5.72. The number of unbranched alkanes of at least 4 members (excludes halogenated alkanes) is 1. The third kappa shape index (κ3) is 5.04. The number of thiophene rings is 1. The molecule has 1 N–H and O–H groups in total. The molecule has 0 aliphatic heterocycles. The SMILES string of the molecule is CCCCOC(=O)CNC(=O)c1ccc([N+](=O)[O-])s1. The first-order chi connectivity index (χ1) is 9.04. The maximum absolute atomic E-state index is 11.6. The molecule has 104 valence electrons.